The smallest absolute Gasteiger partial charge is 0.0613 e. The molecular formula is C18H36N2O. The summed E-state index contributed by atoms with van der Waals surface area (Å²) in [5.74, 6) is 0. The Bertz CT molecular complexity index is 286. The van der Waals surface area contributed by atoms with Gasteiger partial charge in [-0.15, -0.1) is 0 Å². The quantitative estimate of drug-likeness (QED) is 0.722. The van der Waals surface area contributed by atoms with Crippen molar-refractivity contribution in [2.75, 3.05) is 32.8 Å². The van der Waals surface area contributed by atoms with Crippen molar-refractivity contribution in [2.45, 2.75) is 77.2 Å². The molecule has 2 rings (SSSR count). The molecule has 124 valence electrons. The SMILES string of the molecule is CCNC(CC)(CO)CCCN1CCC2(CCCC2)CC1. The van der Waals surface area contributed by atoms with E-state index in [1.165, 1.54) is 64.6 Å². The summed E-state index contributed by atoms with van der Waals surface area (Å²) in [6, 6.07) is 0. The van der Waals surface area contributed by atoms with Gasteiger partial charge in [-0.25, -0.2) is 0 Å². The molecule has 2 N–H and O–H groups in total. The first kappa shape index (κ1) is 17.2. The lowest BCUT2D eigenvalue weighted by Crippen LogP contribution is -2.48. The van der Waals surface area contributed by atoms with E-state index < -0.39 is 0 Å². The molecule has 2 fully saturated rings. The molecule has 3 nitrogen and oxygen atoms in total. The zero-order chi connectivity index (χ0) is 15.2. The average Bonchev–Trinajstić information content (AvgIpc) is 2.97. The number of rotatable bonds is 8. The van der Waals surface area contributed by atoms with Crippen LogP contribution in [0.3, 0.4) is 0 Å². The maximum atomic E-state index is 9.71. The van der Waals surface area contributed by atoms with E-state index in [4.69, 9.17) is 0 Å². The highest BCUT2D eigenvalue weighted by atomic mass is 16.3. The topological polar surface area (TPSA) is 35.5 Å². The molecule has 0 aromatic heterocycles. The van der Waals surface area contributed by atoms with Gasteiger partial charge in [-0.1, -0.05) is 26.7 Å². The fourth-order valence-electron chi connectivity index (χ4n) is 4.53. The lowest BCUT2D eigenvalue weighted by atomic mass is 9.77. The first-order valence-corrected chi connectivity index (χ1v) is 9.26. The number of piperidine rings is 1. The van der Waals surface area contributed by atoms with Gasteiger partial charge in [-0.2, -0.15) is 0 Å². The molecule has 2 aliphatic rings. The third-order valence-electron chi connectivity index (χ3n) is 6.24. The maximum Gasteiger partial charge on any atom is 0.0613 e. The van der Waals surface area contributed by atoms with E-state index in [1.807, 2.05) is 0 Å². The minimum absolute atomic E-state index is 0.0444. The lowest BCUT2D eigenvalue weighted by Gasteiger charge is -2.40. The highest BCUT2D eigenvalue weighted by Gasteiger charge is 2.36. The Morgan fingerprint density at radius 2 is 1.76 bits per heavy atom. The van der Waals surface area contributed by atoms with Gasteiger partial charge in [0.2, 0.25) is 0 Å². The van der Waals surface area contributed by atoms with E-state index in [0.29, 0.717) is 0 Å². The van der Waals surface area contributed by atoms with Crippen molar-refractivity contribution < 1.29 is 5.11 Å². The Hall–Kier alpha value is -0.120. The number of aliphatic hydroxyl groups excluding tert-OH is 1. The summed E-state index contributed by atoms with van der Waals surface area (Å²) in [7, 11) is 0. The molecule has 0 bridgehead atoms. The highest BCUT2D eigenvalue weighted by molar-refractivity contribution is 4.90. The van der Waals surface area contributed by atoms with Gasteiger partial charge in [0.25, 0.3) is 0 Å². The molecular weight excluding hydrogens is 260 g/mol. The number of likely N-dealkylation sites (tertiary alicyclic amines) is 1. The second-order valence-electron chi connectivity index (χ2n) is 7.47. The van der Waals surface area contributed by atoms with Crippen molar-refractivity contribution in [1.29, 1.82) is 0 Å². The second kappa shape index (κ2) is 7.94. The number of likely N-dealkylation sites (N-methyl/N-ethyl adjacent to an activating group) is 1. The number of nitrogens with one attached hydrogen (secondary N) is 1. The molecule has 1 saturated heterocycles. The Labute approximate surface area is 131 Å². The van der Waals surface area contributed by atoms with Crippen molar-refractivity contribution in [3.63, 3.8) is 0 Å². The monoisotopic (exact) mass is 296 g/mol. The van der Waals surface area contributed by atoms with Crippen LogP contribution in [0.1, 0.15) is 71.6 Å². The largest absolute Gasteiger partial charge is 0.394 e. The number of aliphatic hydroxyl groups is 1. The maximum absolute atomic E-state index is 9.71. The van der Waals surface area contributed by atoms with Crippen molar-refractivity contribution in [2.24, 2.45) is 5.41 Å². The summed E-state index contributed by atoms with van der Waals surface area (Å²) in [5.41, 5.74) is 0.690. The minimum atomic E-state index is -0.0444. The predicted molar refractivity (Wildman–Crippen MR) is 89.6 cm³/mol. The second-order valence-corrected chi connectivity index (χ2v) is 7.47. The van der Waals surface area contributed by atoms with Crippen LogP contribution in [-0.4, -0.2) is 48.3 Å². The Kier molecular flexibility index (Phi) is 6.51. The van der Waals surface area contributed by atoms with E-state index in [9.17, 15) is 5.11 Å². The summed E-state index contributed by atoms with van der Waals surface area (Å²) >= 11 is 0. The summed E-state index contributed by atoms with van der Waals surface area (Å²) in [6.07, 6.45) is 12.1. The number of hydrogen-bond acceptors (Lipinski definition) is 3. The fraction of sp³-hybridized carbons (Fsp3) is 1.00. The zero-order valence-electron chi connectivity index (χ0n) is 14.3. The molecule has 1 heterocycles. The van der Waals surface area contributed by atoms with Gasteiger partial charge in [0.1, 0.15) is 0 Å². The summed E-state index contributed by atoms with van der Waals surface area (Å²) in [6.45, 7) is 9.35. The molecule has 1 aliphatic carbocycles. The molecule has 1 spiro atoms. The van der Waals surface area contributed by atoms with Crippen LogP contribution in [-0.2, 0) is 0 Å². The first-order valence-electron chi connectivity index (χ1n) is 9.26. The summed E-state index contributed by atoms with van der Waals surface area (Å²) < 4.78 is 0. The fourth-order valence-corrected chi connectivity index (χ4v) is 4.53. The summed E-state index contributed by atoms with van der Waals surface area (Å²) in [5, 5.41) is 13.2. The van der Waals surface area contributed by atoms with Crippen molar-refractivity contribution in [1.82, 2.24) is 10.2 Å². The van der Waals surface area contributed by atoms with E-state index in [1.54, 1.807) is 0 Å². The van der Waals surface area contributed by atoms with E-state index in [2.05, 4.69) is 24.1 Å². The van der Waals surface area contributed by atoms with Crippen LogP contribution in [0.4, 0.5) is 0 Å². The standard InChI is InChI=1S/C18H36N2O/c1-3-18(16-21,19-4-2)10-7-13-20-14-11-17(12-15-20)8-5-6-9-17/h19,21H,3-16H2,1-2H3. The van der Waals surface area contributed by atoms with Crippen LogP contribution >= 0.6 is 0 Å². The first-order chi connectivity index (χ1) is 10.2. The van der Waals surface area contributed by atoms with Gasteiger partial charge in [-0.05, 0) is 76.5 Å². The van der Waals surface area contributed by atoms with E-state index in [-0.39, 0.29) is 12.1 Å². The van der Waals surface area contributed by atoms with Gasteiger partial charge >= 0.3 is 0 Å². The van der Waals surface area contributed by atoms with Gasteiger partial charge in [0.05, 0.1) is 6.61 Å². The molecule has 0 aromatic carbocycles. The lowest BCUT2D eigenvalue weighted by molar-refractivity contribution is 0.0983. The molecule has 0 aromatic rings. The molecule has 1 atom stereocenters. The van der Waals surface area contributed by atoms with Crippen LogP contribution in [0.25, 0.3) is 0 Å². The van der Waals surface area contributed by atoms with Crippen molar-refractivity contribution in [3.05, 3.63) is 0 Å². The van der Waals surface area contributed by atoms with Gasteiger partial charge in [0, 0.05) is 5.54 Å². The van der Waals surface area contributed by atoms with Crippen LogP contribution in [0.15, 0.2) is 0 Å². The number of hydrogen-bond donors (Lipinski definition) is 2. The van der Waals surface area contributed by atoms with Gasteiger partial charge in [0.15, 0.2) is 0 Å². The summed E-state index contributed by atoms with van der Waals surface area (Å²) in [4.78, 5) is 2.66. The number of nitrogens with zero attached hydrogens (tertiary/aromatic N) is 1. The third kappa shape index (κ3) is 4.43. The predicted octanol–water partition coefficient (Wildman–Crippen LogP) is 3.17. The Morgan fingerprint density at radius 1 is 1.10 bits per heavy atom. The molecule has 0 radical (unpaired) electrons. The van der Waals surface area contributed by atoms with Crippen LogP contribution < -0.4 is 5.32 Å². The molecule has 3 heteroatoms. The normalized spacial score (nSPS) is 25.3. The van der Waals surface area contributed by atoms with Crippen molar-refractivity contribution in [3.8, 4) is 0 Å². The van der Waals surface area contributed by atoms with Crippen LogP contribution in [0, 0.1) is 5.41 Å². The van der Waals surface area contributed by atoms with Gasteiger partial charge < -0.3 is 15.3 Å². The highest BCUT2D eigenvalue weighted by Crippen LogP contribution is 2.46. The van der Waals surface area contributed by atoms with Crippen LogP contribution in [0.5, 0.6) is 0 Å². The van der Waals surface area contributed by atoms with Gasteiger partial charge in [-0.3, -0.25) is 0 Å². The third-order valence-corrected chi connectivity index (χ3v) is 6.24. The average molecular weight is 296 g/mol. The van der Waals surface area contributed by atoms with Crippen LogP contribution in [0.2, 0.25) is 0 Å². The Morgan fingerprint density at radius 3 is 2.29 bits per heavy atom. The Balaban J connectivity index is 1.69. The zero-order valence-corrected chi connectivity index (χ0v) is 14.3. The molecule has 1 aliphatic heterocycles. The molecule has 21 heavy (non-hydrogen) atoms. The molecule has 1 unspecified atom stereocenters. The minimum Gasteiger partial charge on any atom is -0.394 e. The van der Waals surface area contributed by atoms with Crippen molar-refractivity contribution >= 4 is 0 Å². The van der Waals surface area contributed by atoms with E-state index in [0.717, 1.165) is 24.8 Å². The van der Waals surface area contributed by atoms with E-state index >= 15 is 0 Å². The molecule has 1 saturated carbocycles. The molecule has 0 amide bonds.